The van der Waals surface area contributed by atoms with Crippen LogP contribution in [-0.2, 0) is 17.8 Å². The molecule has 0 bridgehead atoms. The van der Waals surface area contributed by atoms with E-state index in [1.807, 2.05) is 48.0 Å². The van der Waals surface area contributed by atoms with Crippen LogP contribution in [0.15, 0.2) is 41.1 Å². The first-order valence-electron chi connectivity index (χ1n) is 8.61. The molecule has 0 unspecified atom stereocenters. The number of imidazole rings is 1. The van der Waals surface area contributed by atoms with Crippen molar-refractivity contribution in [2.45, 2.75) is 26.3 Å². The molecule has 0 atom stereocenters. The van der Waals surface area contributed by atoms with Crippen LogP contribution in [0.2, 0.25) is 0 Å². The van der Waals surface area contributed by atoms with Gasteiger partial charge in [0.15, 0.2) is 11.5 Å². The number of aryl methyl sites for hydroxylation is 2. The highest BCUT2D eigenvalue weighted by atomic mass is 79.9. The number of halogens is 1. The molecule has 1 aromatic carbocycles. The molecule has 0 aliphatic heterocycles. The minimum absolute atomic E-state index is 0.0141. The number of hydrogen-bond acceptors (Lipinski definition) is 4. The molecule has 7 heteroatoms. The van der Waals surface area contributed by atoms with Crippen LogP contribution in [0, 0.1) is 6.92 Å². The van der Waals surface area contributed by atoms with E-state index >= 15 is 0 Å². The number of ether oxygens (including phenoxy) is 2. The van der Waals surface area contributed by atoms with E-state index in [-0.39, 0.29) is 5.91 Å². The zero-order chi connectivity index (χ0) is 19.4. The zero-order valence-electron chi connectivity index (χ0n) is 15.6. The first-order chi connectivity index (χ1) is 13.0. The van der Waals surface area contributed by atoms with Crippen LogP contribution in [0.1, 0.15) is 23.2 Å². The summed E-state index contributed by atoms with van der Waals surface area (Å²) >= 11 is 3.48. The van der Waals surface area contributed by atoms with E-state index in [0.717, 1.165) is 26.9 Å². The van der Waals surface area contributed by atoms with Crippen LogP contribution >= 0.6 is 15.9 Å². The summed E-state index contributed by atoms with van der Waals surface area (Å²) in [6.45, 7) is 2.42. The lowest BCUT2D eigenvalue weighted by Crippen LogP contribution is -2.23. The maximum absolute atomic E-state index is 12.2. The molecule has 0 radical (unpaired) electrons. The van der Waals surface area contributed by atoms with Crippen molar-refractivity contribution in [3.05, 3.63) is 58.0 Å². The Bertz CT molecular complexity index is 969. The van der Waals surface area contributed by atoms with Gasteiger partial charge in [0.1, 0.15) is 5.65 Å². The van der Waals surface area contributed by atoms with Crippen molar-refractivity contribution in [3.63, 3.8) is 0 Å². The highest BCUT2D eigenvalue weighted by Gasteiger charge is 2.09. The van der Waals surface area contributed by atoms with E-state index in [1.165, 1.54) is 0 Å². The van der Waals surface area contributed by atoms with Gasteiger partial charge in [-0.25, -0.2) is 4.98 Å². The van der Waals surface area contributed by atoms with Gasteiger partial charge in [-0.05, 0) is 58.6 Å². The minimum Gasteiger partial charge on any atom is -0.493 e. The SMILES string of the molecule is COc1ccc(CCC(=O)NCc2cn3cc(Br)cc(C)c3n2)cc1OC. The lowest BCUT2D eigenvalue weighted by Gasteiger charge is -2.09. The number of nitrogens with one attached hydrogen (secondary N) is 1. The molecule has 3 rings (SSSR count). The number of aromatic nitrogens is 2. The van der Waals surface area contributed by atoms with Gasteiger partial charge in [-0.2, -0.15) is 0 Å². The van der Waals surface area contributed by atoms with E-state index in [2.05, 4.69) is 26.2 Å². The zero-order valence-corrected chi connectivity index (χ0v) is 17.2. The summed E-state index contributed by atoms with van der Waals surface area (Å²) in [6.07, 6.45) is 4.91. The predicted octanol–water partition coefficient (Wildman–Crippen LogP) is 3.67. The molecule has 2 aromatic heterocycles. The van der Waals surface area contributed by atoms with Crippen LogP contribution in [0.25, 0.3) is 5.65 Å². The molecule has 2 heterocycles. The molecule has 0 saturated heterocycles. The fourth-order valence-electron chi connectivity index (χ4n) is 2.93. The first-order valence-corrected chi connectivity index (χ1v) is 9.41. The van der Waals surface area contributed by atoms with Crippen LogP contribution in [-0.4, -0.2) is 29.5 Å². The fraction of sp³-hybridized carbons (Fsp3) is 0.300. The lowest BCUT2D eigenvalue weighted by atomic mass is 10.1. The first kappa shape index (κ1) is 19.2. The lowest BCUT2D eigenvalue weighted by molar-refractivity contribution is -0.121. The molecule has 0 aliphatic carbocycles. The number of nitrogens with zero attached hydrogens (tertiary/aromatic N) is 2. The quantitative estimate of drug-likeness (QED) is 0.619. The summed E-state index contributed by atoms with van der Waals surface area (Å²) in [6, 6.07) is 7.71. The topological polar surface area (TPSA) is 64.9 Å². The van der Waals surface area contributed by atoms with Crippen LogP contribution < -0.4 is 14.8 Å². The van der Waals surface area contributed by atoms with Gasteiger partial charge in [-0.3, -0.25) is 4.79 Å². The third kappa shape index (κ3) is 4.60. The Balaban J connectivity index is 1.56. The second-order valence-electron chi connectivity index (χ2n) is 6.27. The number of benzene rings is 1. The van der Waals surface area contributed by atoms with E-state index in [4.69, 9.17) is 9.47 Å². The van der Waals surface area contributed by atoms with Crippen molar-refractivity contribution in [1.29, 1.82) is 0 Å². The van der Waals surface area contributed by atoms with Gasteiger partial charge < -0.3 is 19.2 Å². The number of fused-ring (bicyclic) bond motifs is 1. The number of carbonyl (C=O) groups is 1. The van der Waals surface area contributed by atoms with Gasteiger partial charge in [-0.1, -0.05) is 6.07 Å². The van der Waals surface area contributed by atoms with Gasteiger partial charge in [0, 0.05) is 23.3 Å². The van der Waals surface area contributed by atoms with Crippen molar-refractivity contribution in [3.8, 4) is 11.5 Å². The molecule has 0 spiro atoms. The summed E-state index contributed by atoms with van der Waals surface area (Å²) in [7, 11) is 3.20. The Morgan fingerprint density at radius 3 is 2.70 bits per heavy atom. The Labute approximate surface area is 166 Å². The van der Waals surface area contributed by atoms with Gasteiger partial charge in [-0.15, -0.1) is 0 Å². The molecular weight excluding hydrogens is 410 g/mol. The summed E-state index contributed by atoms with van der Waals surface area (Å²) in [4.78, 5) is 16.8. The average molecular weight is 432 g/mol. The molecule has 3 aromatic rings. The van der Waals surface area contributed by atoms with Crippen molar-refractivity contribution in [2.24, 2.45) is 0 Å². The molecule has 1 N–H and O–H groups in total. The second kappa shape index (κ2) is 8.43. The highest BCUT2D eigenvalue weighted by molar-refractivity contribution is 9.10. The number of methoxy groups -OCH3 is 2. The second-order valence-corrected chi connectivity index (χ2v) is 7.19. The number of rotatable bonds is 7. The van der Waals surface area contributed by atoms with Crippen molar-refractivity contribution in [1.82, 2.24) is 14.7 Å². The molecule has 142 valence electrons. The van der Waals surface area contributed by atoms with E-state index in [0.29, 0.717) is 30.9 Å². The normalized spacial score (nSPS) is 10.8. The average Bonchev–Trinajstić information content (AvgIpc) is 3.07. The third-order valence-electron chi connectivity index (χ3n) is 4.31. The van der Waals surface area contributed by atoms with Crippen LogP contribution in [0.5, 0.6) is 11.5 Å². The Morgan fingerprint density at radius 2 is 1.96 bits per heavy atom. The number of amides is 1. The maximum Gasteiger partial charge on any atom is 0.220 e. The number of carbonyl (C=O) groups excluding carboxylic acids is 1. The molecule has 27 heavy (non-hydrogen) atoms. The minimum atomic E-state index is -0.0141. The predicted molar refractivity (Wildman–Crippen MR) is 107 cm³/mol. The number of pyridine rings is 1. The van der Waals surface area contributed by atoms with Crippen molar-refractivity contribution in [2.75, 3.05) is 14.2 Å². The molecular formula is C20H22BrN3O3. The number of hydrogen-bond donors (Lipinski definition) is 1. The highest BCUT2D eigenvalue weighted by Crippen LogP contribution is 2.28. The standard InChI is InChI=1S/C20H22BrN3O3/c1-13-8-15(21)11-24-12-16(23-20(13)24)10-22-19(25)7-5-14-4-6-17(26-2)18(9-14)27-3/h4,6,8-9,11-12H,5,7,10H2,1-3H3,(H,22,25). The van der Waals surface area contributed by atoms with E-state index < -0.39 is 0 Å². The molecule has 0 aliphatic rings. The molecule has 6 nitrogen and oxygen atoms in total. The van der Waals surface area contributed by atoms with Gasteiger partial charge >= 0.3 is 0 Å². The van der Waals surface area contributed by atoms with Gasteiger partial charge in [0.05, 0.1) is 26.5 Å². The maximum atomic E-state index is 12.2. The Hall–Kier alpha value is -2.54. The fourth-order valence-corrected chi connectivity index (χ4v) is 3.50. The smallest absolute Gasteiger partial charge is 0.220 e. The molecule has 0 fully saturated rings. The van der Waals surface area contributed by atoms with Crippen molar-refractivity contribution >= 4 is 27.5 Å². The Morgan fingerprint density at radius 1 is 1.19 bits per heavy atom. The summed E-state index contributed by atoms with van der Waals surface area (Å²) < 4.78 is 13.5. The van der Waals surface area contributed by atoms with Gasteiger partial charge in [0.2, 0.25) is 5.91 Å². The third-order valence-corrected chi connectivity index (χ3v) is 4.74. The summed E-state index contributed by atoms with van der Waals surface area (Å²) in [5.41, 5.74) is 3.83. The Kier molecular flexibility index (Phi) is 6.01. The van der Waals surface area contributed by atoms with Crippen molar-refractivity contribution < 1.29 is 14.3 Å². The molecule has 0 saturated carbocycles. The van der Waals surface area contributed by atoms with Gasteiger partial charge in [0.25, 0.3) is 0 Å². The molecule has 1 amide bonds. The summed E-state index contributed by atoms with van der Waals surface area (Å²) in [5, 5.41) is 2.93. The van der Waals surface area contributed by atoms with E-state index in [1.54, 1.807) is 14.2 Å². The van der Waals surface area contributed by atoms with Crippen LogP contribution in [0.3, 0.4) is 0 Å². The summed E-state index contributed by atoms with van der Waals surface area (Å²) in [5.74, 6) is 1.33. The monoisotopic (exact) mass is 431 g/mol. The van der Waals surface area contributed by atoms with E-state index in [9.17, 15) is 4.79 Å². The largest absolute Gasteiger partial charge is 0.493 e. The van der Waals surface area contributed by atoms with Crippen LogP contribution in [0.4, 0.5) is 0 Å².